The maximum atomic E-state index is 12.4. The predicted octanol–water partition coefficient (Wildman–Crippen LogP) is 1.93. The average molecular weight is 354 g/mol. The van der Waals surface area contributed by atoms with Gasteiger partial charge in [0.25, 0.3) is 0 Å². The van der Waals surface area contributed by atoms with E-state index in [1.807, 2.05) is 23.1 Å². The summed E-state index contributed by atoms with van der Waals surface area (Å²) in [5.74, 6) is -0.507. The first-order chi connectivity index (χ1) is 12.6. The van der Waals surface area contributed by atoms with Crippen LogP contribution in [0.25, 0.3) is 0 Å². The van der Waals surface area contributed by atoms with E-state index in [0.717, 1.165) is 13.1 Å². The zero-order chi connectivity index (χ0) is 18.4. The van der Waals surface area contributed by atoms with Gasteiger partial charge >= 0.3 is 5.97 Å². The number of carbonyl (C=O) groups is 2. The Bertz CT molecular complexity index is 758. The summed E-state index contributed by atoms with van der Waals surface area (Å²) in [5.41, 5.74) is 1.17. The van der Waals surface area contributed by atoms with Crippen molar-refractivity contribution in [3.8, 4) is 0 Å². The zero-order valence-electron chi connectivity index (χ0n) is 14.5. The van der Waals surface area contributed by atoms with Crippen molar-refractivity contribution in [1.29, 1.82) is 0 Å². The zero-order valence-corrected chi connectivity index (χ0v) is 14.5. The molecule has 0 radical (unpaired) electrons. The molecule has 2 heterocycles. The quantitative estimate of drug-likeness (QED) is 0.824. The van der Waals surface area contributed by atoms with Crippen molar-refractivity contribution >= 4 is 23.4 Å². The Morgan fingerprint density at radius 3 is 2.42 bits per heavy atom. The second kappa shape index (κ2) is 8.33. The molecule has 1 aromatic carbocycles. The Balaban J connectivity index is 1.43. The third-order valence-electron chi connectivity index (χ3n) is 4.37. The third-order valence-corrected chi connectivity index (χ3v) is 4.37. The molecule has 0 spiro atoms. The van der Waals surface area contributed by atoms with Crippen LogP contribution in [-0.2, 0) is 4.79 Å². The van der Waals surface area contributed by atoms with Crippen molar-refractivity contribution in [3.05, 3.63) is 54.2 Å². The first-order valence-electron chi connectivity index (χ1n) is 8.65. The van der Waals surface area contributed by atoms with E-state index in [4.69, 9.17) is 5.11 Å². The number of rotatable bonds is 6. The molecule has 2 aromatic rings. The lowest BCUT2D eigenvalue weighted by Gasteiger charge is -2.36. The molecule has 1 amide bonds. The molecule has 1 fully saturated rings. The molecule has 0 bridgehead atoms. The van der Waals surface area contributed by atoms with Gasteiger partial charge in [0.15, 0.2) is 5.69 Å². The molecule has 7 heteroatoms. The van der Waals surface area contributed by atoms with E-state index in [0.29, 0.717) is 31.9 Å². The van der Waals surface area contributed by atoms with Gasteiger partial charge in [-0.1, -0.05) is 24.3 Å². The van der Waals surface area contributed by atoms with Gasteiger partial charge in [-0.3, -0.25) is 4.79 Å². The minimum Gasteiger partial charge on any atom is -0.477 e. The molecular formula is C19H22N4O3. The van der Waals surface area contributed by atoms with Gasteiger partial charge in [-0.25, -0.2) is 9.78 Å². The lowest BCUT2D eigenvalue weighted by Crippen LogP contribution is -2.49. The lowest BCUT2D eigenvalue weighted by atomic mass is 10.2. The van der Waals surface area contributed by atoms with E-state index in [-0.39, 0.29) is 11.6 Å². The smallest absolute Gasteiger partial charge is 0.354 e. The number of nitrogens with one attached hydrogen (secondary N) is 1. The predicted molar refractivity (Wildman–Crippen MR) is 99.5 cm³/mol. The topological polar surface area (TPSA) is 85.8 Å². The van der Waals surface area contributed by atoms with Crippen molar-refractivity contribution in [1.82, 2.24) is 9.88 Å². The largest absolute Gasteiger partial charge is 0.477 e. The Labute approximate surface area is 152 Å². The minimum absolute atomic E-state index is 0.0154. The van der Waals surface area contributed by atoms with Crippen LogP contribution in [0.2, 0.25) is 0 Å². The van der Waals surface area contributed by atoms with Gasteiger partial charge in [-0.2, -0.15) is 0 Å². The number of para-hydroxylation sites is 1. The Morgan fingerprint density at radius 2 is 1.73 bits per heavy atom. The molecule has 1 saturated heterocycles. The van der Waals surface area contributed by atoms with Crippen LogP contribution in [0, 0.1) is 0 Å². The van der Waals surface area contributed by atoms with Gasteiger partial charge in [0.05, 0.1) is 0 Å². The number of amides is 1. The summed E-state index contributed by atoms with van der Waals surface area (Å²) < 4.78 is 0. The van der Waals surface area contributed by atoms with E-state index in [9.17, 15) is 9.59 Å². The van der Waals surface area contributed by atoms with Crippen LogP contribution in [0.5, 0.6) is 0 Å². The Kier molecular flexibility index (Phi) is 5.68. The van der Waals surface area contributed by atoms with Crippen LogP contribution in [0.4, 0.5) is 11.5 Å². The Morgan fingerprint density at radius 1 is 1.00 bits per heavy atom. The summed E-state index contributed by atoms with van der Waals surface area (Å²) in [6.07, 6.45) is 0.352. The maximum absolute atomic E-state index is 12.4. The SMILES string of the molecule is O=C(O)c1cccc(NCCC(=O)N2CCN(c3ccccc3)CC2)n1. The number of hydrogen-bond donors (Lipinski definition) is 2. The second-order valence-electron chi connectivity index (χ2n) is 6.09. The van der Waals surface area contributed by atoms with Crippen molar-refractivity contribution in [3.63, 3.8) is 0 Å². The molecule has 26 heavy (non-hydrogen) atoms. The fourth-order valence-electron chi connectivity index (χ4n) is 2.96. The van der Waals surface area contributed by atoms with Crippen molar-refractivity contribution in [2.75, 3.05) is 42.9 Å². The third kappa shape index (κ3) is 4.50. The number of carboxylic acid groups (broad SMARTS) is 1. The highest BCUT2D eigenvalue weighted by atomic mass is 16.4. The van der Waals surface area contributed by atoms with Crippen molar-refractivity contribution in [2.45, 2.75) is 6.42 Å². The normalized spacial score (nSPS) is 14.2. The van der Waals surface area contributed by atoms with Crippen LogP contribution < -0.4 is 10.2 Å². The molecule has 1 aromatic heterocycles. The fourth-order valence-corrected chi connectivity index (χ4v) is 2.96. The van der Waals surface area contributed by atoms with Crippen LogP contribution in [-0.4, -0.2) is 59.6 Å². The Hall–Kier alpha value is -3.09. The first-order valence-corrected chi connectivity index (χ1v) is 8.65. The molecule has 0 unspecified atom stereocenters. The van der Waals surface area contributed by atoms with E-state index >= 15 is 0 Å². The number of hydrogen-bond acceptors (Lipinski definition) is 5. The first kappa shape index (κ1) is 17.7. The number of piperazine rings is 1. The van der Waals surface area contributed by atoms with Gasteiger partial charge in [0.2, 0.25) is 5.91 Å². The minimum atomic E-state index is -1.07. The van der Waals surface area contributed by atoms with Crippen LogP contribution >= 0.6 is 0 Å². The molecule has 1 aliphatic rings. The molecule has 0 aliphatic carbocycles. The van der Waals surface area contributed by atoms with Gasteiger partial charge in [0.1, 0.15) is 5.82 Å². The van der Waals surface area contributed by atoms with Gasteiger partial charge in [0, 0.05) is 44.8 Å². The van der Waals surface area contributed by atoms with E-state index in [2.05, 4.69) is 27.3 Å². The monoisotopic (exact) mass is 354 g/mol. The fraction of sp³-hybridized carbons (Fsp3) is 0.316. The van der Waals surface area contributed by atoms with Gasteiger partial charge in [-0.15, -0.1) is 0 Å². The molecule has 7 nitrogen and oxygen atoms in total. The van der Waals surface area contributed by atoms with Gasteiger partial charge < -0.3 is 20.2 Å². The number of aromatic nitrogens is 1. The van der Waals surface area contributed by atoms with E-state index in [1.165, 1.54) is 11.8 Å². The average Bonchev–Trinajstić information content (AvgIpc) is 2.69. The number of carbonyl (C=O) groups excluding carboxylic acids is 1. The lowest BCUT2D eigenvalue weighted by molar-refractivity contribution is -0.131. The molecule has 3 rings (SSSR count). The number of anilines is 2. The highest BCUT2D eigenvalue weighted by molar-refractivity contribution is 5.85. The number of carboxylic acids is 1. The maximum Gasteiger partial charge on any atom is 0.354 e. The highest BCUT2D eigenvalue weighted by Gasteiger charge is 2.20. The summed E-state index contributed by atoms with van der Waals surface area (Å²) >= 11 is 0. The second-order valence-corrected chi connectivity index (χ2v) is 6.09. The molecule has 136 valence electrons. The summed E-state index contributed by atoms with van der Waals surface area (Å²) in [5, 5.41) is 12.0. The molecule has 0 atom stereocenters. The molecule has 2 N–H and O–H groups in total. The number of benzene rings is 1. The highest BCUT2D eigenvalue weighted by Crippen LogP contribution is 2.16. The van der Waals surface area contributed by atoms with E-state index < -0.39 is 5.97 Å². The molecular weight excluding hydrogens is 332 g/mol. The number of nitrogens with zero attached hydrogens (tertiary/aromatic N) is 3. The summed E-state index contributed by atoms with van der Waals surface area (Å²) in [7, 11) is 0. The van der Waals surface area contributed by atoms with Crippen LogP contribution in [0.1, 0.15) is 16.9 Å². The van der Waals surface area contributed by atoms with Crippen molar-refractivity contribution < 1.29 is 14.7 Å². The summed E-state index contributed by atoms with van der Waals surface area (Å²) in [6.45, 7) is 3.49. The molecule has 1 aliphatic heterocycles. The molecule has 0 saturated carbocycles. The van der Waals surface area contributed by atoms with Gasteiger partial charge in [-0.05, 0) is 24.3 Å². The van der Waals surface area contributed by atoms with Crippen LogP contribution in [0.15, 0.2) is 48.5 Å². The summed E-state index contributed by atoms with van der Waals surface area (Å²) in [6, 6.07) is 15.0. The standard InChI is InChI=1S/C19H22N4O3/c24-18(9-10-20-17-8-4-7-16(21-17)19(25)26)23-13-11-22(12-14-23)15-5-2-1-3-6-15/h1-8H,9-14H2,(H,20,21)(H,25,26). The van der Waals surface area contributed by atoms with Crippen molar-refractivity contribution in [2.24, 2.45) is 0 Å². The number of pyridine rings is 1. The van der Waals surface area contributed by atoms with E-state index in [1.54, 1.807) is 12.1 Å². The van der Waals surface area contributed by atoms with Crippen LogP contribution in [0.3, 0.4) is 0 Å². The number of aromatic carboxylic acids is 1. The summed E-state index contributed by atoms with van der Waals surface area (Å²) in [4.78, 5) is 31.4.